The number of carbonyl (C=O) groups is 1. The van der Waals surface area contributed by atoms with E-state index in [0.717, 1.165) is 5.56 Å². The molecule has 0 aliphatic carbocycles. The maximum Gasteiger partial charge on any atom is 0.241 e. The molecule has 0 bridgehead atoms. The van der Waals surface area contributed by atoms with Gasteiger partial charge in [-0.3, -0.25) is 10.1 Å². The zero-order chi connectivity index (χ0) is 15.6. The van der Waals surface area contributed by atoms with E-state index in [9.17, 15) is 4.79 Å². The summed E-state index contributed by atoms with van der Waals surface area (Å²) in [5, 5.41) is 4.11. The molecule has 116 valence electrons. The highest BCUT2D eigenvalue weighted by Crippen LogP contribution is 2.31. The average molecular weight is 311 g/mol. The van der Waals surface area contributed by atoms with E-state index in [0.29, 0.717) is 11.6 Å². The summed E-state index contributed by atoms with van der Waals surface area (Å²) in [4.78, 5) is 14.6. The van der Waals surface area contributed by atoms with Gasteiger partial charge in [0, 0.05) is 12.1 Å². The van der Waals surface area contributed by atoms with Gasteiger partial charge in [0.05, 0.1) is 18.7 Å². The molecule has 0 spiro atoms. The van der Waals surface area contributed by atoms with Gasteiger partial charge >= 0.3 is 0 Å². The Bertz CT molecular complexity index is 507. The molecule has 1 saturated heterocycles. The monoisotopic (exact) mass is 310 g/mol. The first-order valence-corrected chi connectivity index (χ1v) is 7.66. The lowest BCUT2D eigenvalue weighted by Gasteiger charge is -2.30. The van der Waals surface area contributed by atoms with Crippen molar-refractivity contribution in [3.05, 3.63) is 34.9 Å². The number of amides is 1. The third kappa shape index (κ3) is 3.39. The van der Waals surface area contributed by atoms with Crippen LogP contribution in [0.4, 0.5) is 0 Å². The van der Waals surface area contributed by atoms with Crippen LogP contribution in [0.3, 0.4) is 0 Å². The van der Waals surface area contributed by atoms with Crippen LogP contribution in [0.15, 0.2) is 24.3 Å². The molecule has 21 heavy (non-hydrogen) atoms. The zero-order valence-corrected chi connectivity index (χ0v) is 13.7. The van der Waals surface area contributed by atoms with Crippen molar-refractivity contribution >= 4 is 17.5 Å². The van der Waals surface area contributed by atoms with Crippen molar-refractivity contribution in [1.82, 2.24) is 10.2 Å². The topological polar surface area (TPSA) is 41.6 Å². The molecule has 1 aliphatic rings. The van der Waals surface area contributed by atoms with Gasteiger partial charge in [0.2, 0.25) is 5.91 Å². The van der Waals surface area contributed by atoms with Crippen LogP contribution in [-0.4, -0.2) is 36.6 Å². The molecule has 4 nitrogen and oxygen atoms in total. The number of nitrogens with zero attached hydrogens (tertiary/aromatic N) is 1. The Labute approximate surface area is 131 Å². The van der Waals surface area contributed by atoms with Crippen molar-refractivity contribution in [2.75, 3.05) is 13.7 Å². The second kappa shape index (κ2) is 6.77. The predicted molar refractivity (Wildman–Crippen MR) is 84.1 cm³/mol. The molecule has 1 aromatic carbocycles. The lowest BCUT2D eigenvalue weighted by Crippen LogP contribution is -2.41. The van der Waals surface area contributed by atoms with Gasteiger partial charge in [0.1, 0.15) is 6.17 Å². The predicted octanol–water partition coefficient (Wildman–Crippen LogP) is 2.83. The highest BCUT2D eigenvalue weighted by atomic mass is 35.5. The van der Waals surface area contributed by atoms with E-state index in [1.165, 1.54) is 0 Å². The van der Waals surface area contributed by atoms with Crippen LogP contribution in [0.1, 0.15) is 32.5 Å². The van der Waals surface area contributed by atoms with Crippen LogP contribution >= 0.6 is 11.6 Å². The summed E-state index contributed by atoms with van der Waals surface area (Å²) in [7, 11) is 1.65. The first kappa shape index (κ1) is 16.3. The fourth-order valence-electron chi connectivity index (χ4n) is 2.81. The maximum absolute atomic E-state index is 12.7. The molecule has 0 aromatic heterocycles. The summed E-state index contributed by atoms with van der Waals surface area (Å²) >= 11 is 6.09. The fourth-order valence-corrected chi connectivity index (χ4v) is 3.01. The van der Waals surface area contributed by atoms with Gasteiger partial charge < -0.3 is 9.64 Å². The minimum atomic E-state index is -0.173. The lowest BCUT2D eigenvalue weighted by molar-refractivity contribution is -0.133. The Morgan fingerprint density at radius 3 is 2.67 bits per heavy atom. The number of hydrogen-bond acceptors (Lipinski definition) is 3. The first-order valence-electron chi connectivity index (χ1n) is 7.28. The van der Waals surface area contributed by atoms with Crippen molar-refractivity contribution in [1.29, 1.82) is 0 Å². The summed E-state index contributed by atoms with van der Waals surface area (Å²) in [6.07, 6.45) is -0.159. The molecular formula is C16H23ClN2O2. The SMILES string of the molecule is COCC(C)N1C(=O)C(C(C)C)NC1c1cccc(Cl)c1. The number of nitrogens with one attached hydrogen (secondary N) is 1. The number of hydrogen-bond donors (Lipinski definition) is 1. The van der Waals surface area contributed by atoms with Crippen LogP contribution in [0.25, 0.3) is 0 Å². The van der Waals surface area contributed by atoms with Gasteiger partial charge in [-0.2, -0.15) is 0 Å². The van der Waals surface area contributed by atoms with Gasteiger partial charge in [-0.15, -0.1) is 0 Å². The van der Waals surface area contributed by atoms with Crippen LogP contribution in [-0.2, 0) is 9.53 Å². The molecule has 3 unspecified atom stereocenters. The normalized spacial score (nSPS) is 23.9. The van der Waals surface area contributed by atoms with E-state index in [-0.39, 0.29) is 30.1 Å². The second-order valence-corrected chi connectivity index (χ2v) is 6.33. The number of methoxy groups -OCH3 is 1. The number of ether oxygens (including phenoxy) is 1. The van der Waals surface area contributed by atoms with E-state index >= 15 is 0 Å². The minimum Gasteiger partial charge on any atom is -0.383 e. The molecule has 3 atom stereocenters. The summed E-state index contributed by atoms with van der Waals surface area (Å²) in [5.41, 5.74) is 1.00. The Morgan fingerprint density at radius 2 is 2.10 bits per heavy atom. The largest absolute Gasteiger partial charge is 0.383 e. The molecule has 0 radical (unpaired) electrons. The molecule has 1 aliphatic heterocycles. The standard InChI is InChI=1S/C16H23ClN2O2/c1-10(2)14-16(20)19(11(3)9-21-4)15(18-14)12-6-5-7-13(17)8-12/h5-8,10-11,14-15,18H,9H2,1-4H3. The van der Waals surface area contributed by atoms with Gasteiger partial charge in [0.25, 0.3) is 0 Å². The van der Waals surface area contributed by atoms with Crippen LogP contribution in [0, 0.1) is 5.92 Å². The smallest absolute Gasteiger partial charge is 0.241 e. The Hall–Kier alpha value is -1.10. The van der Waals surface area contributed by atoms with Crippen LogP contribution in [0.5, 0.6) is 0 Å². The second-order valence-electron chi connectivity index (χ2n) is 5.90. The molecule has 1 amide bonds. The van der Waals surface area contributed by atoms with Crippen molar-refractivity contribution in [2.24, 2.45) is 5.92 Å². The van der Waals surface area contributed by atoms with Crippen molar-refractivity contribution < 1.29 is 9.53 Å². The Morgan fingerprint density at radius 1 is 1.38 bits per heavy atom. The van der Waals surface area contributed by atoms with Crippen molar-refractivity contribution in [3.63, 3.8) is 0 Å². The number of rotatable bonds is 5. The molecule has 5 heteroatoms. The Kier molecular flexibility index (Phi) is 5.25. The molecular weight excluding hydrogens is 288 g/mol. The average Bonchev–Trinajstić information content (AvgIpc) is 2.77. The summed E-state index contributed by atoms with van der Waals surface area (Å²) < 4.78 is 5.22. The zero-order valence-electron chi connectivity index (χ0n) is 13.0. The molecule has 1 heterocycles. The third-order valence-corrected chi connectivity index (χ3v) is 4.09. The maximum atomic E-state index is 12.7. The summed E-state index contributed by atoms with van der Waals surface area (Å²) in [6.45, 7) is 6.61. The fraction of sp³-hybridized carbons (Fsp3) is 0.562. The Balaban J connectivity index is 2.34. The quantitative estimate of drug-likeness (QED) is 0.909. The molecule has 2 rings (SSSR count). The molecule has 0 saturated carbocycles. The minimum absolute atomic E-state index is 0.00253. The van der Waals surface area contributed by atoms with Crippen LogP contribution < -0.4 is 5.32 Å². The van der Waals surface area contributed by atoms with E-state index in [4.69, 9.17) is 16.3 Å². The van der Waals surface area contributed by atoms with Gasteiger partial charge in [0.15, 0.2) is 0 Å². The van der Waals surface area contributed by atoms with Crippen LogP contribution in [0.2, 0.25) is 5.02 Å². The molecule has 1 fully saturated rings. The number of carbonyl (C=O) groups excluding carboxylic acids is 1. The van der Waals surface area contributed by atoms with E-state index in [1.54, 1.807) is 7.11 Å². The van der Waals surface area contributed by atoms with Gasteiger partial charge in [-0.05, 0) is 30.5 Å². The van der Waals surface area contributed by atoms with Gasteiger partial charge in [-0.25, -0.2) is 0 Å². The van der Waals surface area contributed by atoms with Crippen molar-refractivity contribution in [3.8, 4) is 0 Å². The van der Waals surface area contributed by atoms with E-state index in [2.05, 4.69) is 19.2 Å². The van der Waals surface area contributed by atoms with E-state index < -0.39 is 0 Å². The molecule has 1 aromatic rings. The lowest BCUT2D eigenvalue weighted by atomic mass is 10.0. The number of benzene rings is 1. The highest BCUT2D eigenvalue weighted by Gasteiger charge is 2.43. The number of halogens is 1. The van der Waals surface area contributed by atoms with Gasteiger partial charge in [-0.1, -0.05) is 37.6 Å². The first-order chi connectivity index (χ1) is 9.95. The third-order valence-electron chi connectivity index (χ3n) is 3.85. The van der Waals surface area contributed by atoms with E-state index in [1.807, 2.05) is 36.1 Å². The highest BCUT2D eigenvalue weighted by molar-refractivity contribution is 6.30. The van der Waals surface area contributed by atoms with Crippen molar-refractivity contribution in [2.45, 2.75) is 39.0 Å². The summed E-state index contributed by atoms with van der Waals surface area (Å²) in [6, 6.07) is 7.47. The summed E-state index contributed by atoms with van der Waals surface area (Å²) in [5.74, 6) is 0.360. The molecule has 1 N–H and O–H groups in total.